The predicted molar refractivity (Wildman–Crippen MR) is 121 cm³/mol. The molecular weight excluding hydrogens is 376 g/mol. The molecule has 2 saturated heterocycles. The molecule has 6 nitrogen and oxygen atoms in total. The first kappa shape index (κ1) is 21.3. The normalized spacial score (nSPS) is 27.7. The number of aliphatic imine (C=N–C) groups is 1. The number of piperidine rings is 2. The van der Waals surface area contributed by atoms with Crippen LogP contribution in [0.4, 0.5) is 0 Å². The van der Waals surface area contributed by atoms with Crippen LogP contribution in [0.5, 0.6) is 11.5 Å². The highest BCUT2D eigenvalue weighted by molar-refractivity contribution is 5.80. The number of hydrogen-bond acceptors (Lipinski definition) is 4. The summed E-state index contributed by atoms with van der Waals surface area (Å²) in [7, 11) is 5.87. The van der Waals surface area contributed by atoms with Crippen LogP contribution < -0.4 is 20.1 Å². The van der Waals surface area contributed by atoms with Crippen LogP contribution in [-0.4, -0.2) is 56.3 Å². The minimum absolute atomic E-state index is 0.302. The van der Waals surface area contributed by atoms with Crippen molar-refractivity contribution >= 4 is 5.96 Å². The fraction of sp³-hybridized carbons (Fsp3) is 0.708. The van der Waals surface area contributed by atoms with Crippen molar-refractivity contribution in [2.24, 2.45) is 4.99 Å². The van der Waals surface area contributed by atoms with Gasteiger partial charge in [0.25, 0.3) is 0 Å². The molecule has 1 aromatic rings. The van der Waals surface area contributed by atoms with Crippen molar-refractivity contribution in [3.8, 4) is 11.5 Å². The maximum absolute atomic E-state index is 6.38. The third-order valence-electron chi connectivity index (χ3n) is 7.22. The third-order valence-corrected chi connectivity index (χ3v) is 7.22. The number of para-hydroxylation sites is 1. The molecule has 2 unspecified atom stereocenters. The summed E-state index contributed by atoms with van der Waals surface area (Å²) in [5.74, 6) is 2.56. The summed E-state index contributed by atoms with van der Waals surface area (Å²) in [4.78, 5) is 7.09. The Hall–Kier alpha value is -1.95. The number of ether oxygens (including phenoxy) is 2. The quantitative estimate of drug-likeness (QED) is 0.549. The zero-order valence-corrected chi connectivity index (χ0v) is 18.8. The molecule has 0 amide bonds. The first-order valence-corrected chi connectivity index (χ1v) is 11.7. The van der Waals surface area contributed by atoms with Crippen LogP contribution in [0.25, 0.3) is 0 Å². The summed E-state index contributed by atoms with van der Waals surface area (Å²) >= 11 is 0. The molecule has 3 aliphatic rings. The minimum Gasteiger partial charge on any atom is -0.493 e. The average molecular weight is 415 g/mol. The summed E-state index contributed by atoms with van der Waals surface area (Å²) in [5.41, 5.74) is 1.12. The first-order valence-electron chi connectivity index (χ1n) is 11.7. The Morgan fingerprint density at radius 3 is 2.50 bits per heavy atom. The van der Waals surface area contributed by atoms with E-state index in [4.69, 9.17) is 9.47 Å². The largest absolute Gasteiger partial charge is 0.493 e. The molecule has 1 aromatic carbocycles. The van der Waals surface area contributed by atoms with E-state index in [1.54, 1.807) is 7.11 Å². The minimum atomic E-state index is 0.302. The van der Waals surface area contributed by atoms with Crippen molar-refractivity contribution in [1.82, 2.24) is 15.5 Å². The van der Waals surface area contributed by atoms with Gasteiger partial charge in [-0.25, -0.2) is 0 Å². The van der Waals surface area contributed by atoms with Crippen molar-refractivity contribution < 1.29 is 9.47 Å². The van der Waals surface area contributed by atoms with Crippen molar-refractivity contribution in [3.63, 3.8) is 0 Å². The average Bonchev–Trinajstić information content (AvgIpc) is 3.25. The van der Waals surface area contributed by atoms with Gasteiger partial charge >= 0.3 is 0 Å². The molecule has 2 bridgehead atoms. The summed E-state index contributed by atoms with van der Waals surface area (Å²) in [6.07, 6.45) is 11.5. The van der Waals surface area contributed by atoms with E-state index in [2.05, 4.69) is 33.6 Å². The lowest BCUT2D eigenvalue weighted by Gasteiger charge is -2.47. The Kier molecular flexibility index (Phi) is 7.03. The summed E-state index contributed by atoms with van der Waals surface area (Å²) in [6, 6.07) is 8.04. The Bertz CT molecular complexity index is 718. The van der Waals surface area contributed by atoms with Gasteiger partial charge in [-0.15, -0.1) is 0 Å². The van der Waals surface area contributed by atoms with Gasteiger partial charge in [0.05, 0.1) is 13.2 Å². The molecule has 30 heavy (non-hydrogen) atoms. The maximum Gasteiger partial charge on any atom is 0.191 e. The van der Waals surface area contributed by atoms with Gasteiger partial charge in [-0.2, -0.15) is 0 Å². The number of nitrogens with zero attached hydrogens (tertiary/aromatic N) is 2. The second-order valence-electron chi connectivity index (χ2n) is 9.12. The number of hydrogen-bond donors (Lipinski definition) is 2. The summed E-state index contributed by atoms with van der Waals surface area (Å²) in [5, 5.41) is 7.20. The van der Waals surface area contributed by atoms with Gasteiger partial charge in [0.1, 0.15) is 0 Å². The number of rotatable bonds is 6. The van der Waals surface area contributed by atoms with E-state index in [0.717, 1.165) is 35.9 Å². The molecule has 2 N–H and O–H groups in total. The van der Waals surface area contributed by atoms with Gasteiger partial charge in [-0.3, -0.25) is 4.99 Å². The fourth-order valence-corrected chi connectivity index (χ4v) is 5.47. The number of fused-ring (bicyclic) bond motifs is 2. The zero-order chi connectivity index (χ0) is 20.9. The van der Waals surface area contributed by atoms with Gasteiger partial charge in [0.15, 0.2) is 17.5 Å². The lowest BCUT2D eigenvalue weighted by molar-refractivity contribution is 0.0526. The van der Waals surface area contributed by atoms with E-state index in [1.165, 1.54) is 44.9 Å². The van der Waals surface area contributed by atoms with Crippen molar-refractivity contribution in [2.45, 2.75) is 88.6 Å². The highest BCUT2D eigenvalue weighted by Crippen LogP contribution is 2.35. The Labute approximate surface area is 181 Å². The topological polar surface area (TPSA) is 58.1 Å². The molecule has 6 heteroatoms. The molecule has 0 spiro atoms. The molecule has 0 radical (unpaired) electrons. The molecule has 1 aliphatic carbocycles. The lowest BCUT2D eigenvalue weighted by Crippen LogP contribution is -2.56. The van der Waals surface area contributed by atoms with Crippen molar-refractivity contribution in [1.29, 1.82) is 0 Å². The van der Waals surface area contributed by atoms with E-state index in [0.29, 0.717) is 30.8 Å². The van der Waals surface area contributed by atoms with E-state index in [-0.39, 0.29) is 0 Å². The van der Waals surface area contributed by atoms with Gasteiger partial charge < -0.3 is 25.0 Å². The molecule has 166 valence electrons. The monoisotopic (exact) mass is 414 g/mol. The molecule has 1 saturated carbocycles. The van der Waals surface area contributed by atoms with E-state index < -0.39 is 0 Å². The van der Waals surface area contributed by atoms with Gasteiger partial charge in [0, 0.05) is 37.3 Å². The molecular formula is C24H38N4O2. The van der Waals surface area contributed by atoms with E-state index in [9.17, 15) is 0 Å². The second-order valence-corrected chi connectivity index (χ2v) is 9.12. The smallest absolute Gasteiger partial charge is 0.191 e. The molecule has 2 atom stereocenters. The number of nitrogens with one attached hydrogen (secondary N) is 2. The number of methoxy groups -OCH3 is 1. The predicted octanol–water partition coefficient (Wildman–Crippen LogP) is 3.70. The summed E-state index contributed by atoms with van der Waals surface area (Å²) in [6.45, 7) is 0.665. The molecule has 2 heterocycles. The molecule has 2 aliphatic heterocycles. The maximum atomic E-state index is 6.38. The number of benzene rings is 1. The Balaban J connectivity index is 1.38. The third kappa shape index (κ3) is 4.85. The standard InChI is InChI=1S/C24H38N4O2/c1-25-24(27-18-14-19-9-7-10-20(15-18)28(19)2)26-16-17-8-6-13-22(29-3)23(17)30-21-11-4-5-12-21/h6,8,13,18-21H,4-5,7,9-12,14-16H2,1-3H3,(H2,25,26,27). The van der Waals surface area contributed by atoms with Crippen LogP contribution in [0.15, 0.2) is 23.2 Å². The second kappa shape index (κ2) is 9.90. The highest BCUT2D eigenvalue weighted by Gasteiger charge is 2.36. The number of guanidine groups is 1. The molecule has 3 fully saturated rings. The highest BCUT2D eigenvalue weighted by atomic mass is 16.5. The van der Waals surface area contributed by atoms with Crippen LogP contribution in [-0.2, 0) is 6.54 Å². The van der Waals surface area contributed by atoms with Crippen LogP contribution in [0.1, 0.15) is 63.4 Å². The molecule has 4 rings (SSSR count). The lowest BCUT2D eigenvalue weighted by atomic mass is 9.82. The van der Waals surface area contributed by atoms with Crippen LogP contribution in [0.2, 0.25) is 0 Å². The van der Waals surface area contributed by atoms with Crippen LogP contribution in [0, 0.1) is 0 Å². The van der Waals surface area contributed by atoms with Gasteiger partial charge in [-0.05, 0) is 64.5 Å². The molecule has 0 aromatic heterocycles. The van der Waals surface area contributed by atoms with Crippen LogP contribution in [0.3, 0.4) is 0 Å². The van der Waals surface area contributed by atoms with Gasteiger partial charge in [-0.1, -0.05) is 18.6 Å². The van der Waals surface area contributed by atoms with Crippen molar-refractivity contribution in [3.05, 3.63) is 23.8 Å². The zero-order valence-electron chi connectivity index (χ0n) is 18.8. The Morgan fingerprint density at radius 1 is 1.10 bits per heavy atom. The van der Waals surface area contributed by atoms with E-state index in [1.807, 2.05) is 19.2 Å². The van der Waals surface area contributed by atoms with Crippen LogP contribution >= 0.6 is 0 Å². The first-order chi connectivity index (χ1) is 14.7. The summed E-state index contributed by atoms with van der Waals surface area (Å²) < 4.78 is 12.0. The fourth-order valence-electron chi connectivity index (χ4n) is 5.47. The van der Waals surface area contributed by atoms with Gasteiger partial charge in [0.2, 0.25) is 0 Å². The Morgan fingerprint density at radius 2 is 1.83 bits per heavy atom. The SMILES string of the molecule is CN=C(NCc1cccc(OC)c1OC1CCCC1)NC1CC2CCCC(C1)N2C. The van der Waals surface area contributed by atoms with Crippen molar-refractivity contribution in [2.75, 3.05) is 21.2 Å². The van der Waals surface area contributed by atoms with E-state index >= 15 is 0 Å².